The van der Waals surface area contributed by atoms with Crippen LogP contribution in [-0.2, 0) is 20.8 Å². The van der Waals surface area contributed by atoms with E-state index in [-0.39, 0.29) is 73.5 Å². The molecule has 0 unspecified atom stereocenters. The molecular weight excluding hydrogens is 707 g/mol. The van der Waals surface area contributed by atoms with Gasteiger partial charge in [-0.15, -0.1) is 0 Å². The van der Waals surface area contributed by atoms with Gasteiger partial charge in [0.2, 0.25) is 17.7 Å². The van der Waals surface area contributed by atoms with Crippen molar-refractivity contribution < 1.29 is 42.9 Å². The number of amides is 4. The van der Waals surface area contributed by atoms with Crippen LogP contribution in [0.5, 0.6) is 28.7 Å². The average molecular weight is 747 g/mol. The number of phenols is 1. The second kappa shape index (κ2) is 18.1. The largest absolute Gasteiger partial charge is 0.508 e. The molecule has 4 amide bonds. The first-order valence-electron chi connectivity index (χ1n) is 17.0. The molecule has 14 heteroatoms. The highest BCUT2D eigenvalue weighted by Crippen LogP contribution is 2.33. The number of carbonyl (C=O) groups is 4. The van der Waals surface area contributed by atoms with Crippen molar-refractivity contribution in [1.29, 1.82) is 0 Å². The Hall–Kier alpha value is -5.82. The number of hydrogen-bond acceptors (Lipinski definition) is 8. The van der Waals surface area contributed by atoms with Crippen LogP contribution in [-0.4, -0.2) is 78.6 Å². The Morgan fingerprint density at radius 3 is 2.57 bits per heavy atom. The number of carbonyl (C=O) groups excluding carboxylic acids is 4. The Morgan fingerprint density at radius 2 is 1.79 bits per heavy atom. The second-order valence-electron chi connectivity index (χ2n) is 12.5. The molecule has 0 aliphatic carbocycles. The van der Waals surface area contributed by atoms with Crippen molar-refractivity contribution in [3.63, 3.8) is 0 Å². The van der Waals surface area contributed by atoms with Gasteiger partial charge < -0.3 is 40.2 Å². The molecule has 0 aromatic heterocycles. The third-order valence-corrected chi connectivity index (χ3v) is 8.53. The zero-order chi connectivity index (χ0) is 37.9. The van der Waals surface area contributed by atoms with Crippen molar-refractivity contribution in [2.75, 3.05) is 26.8 Å². The minimum atomic E-state index is -1.17. The van der Waals surface area contributed by atoms with E-state index in [0.717, 1.165) is 0 Å². The van der Waals surface area contributed by atoms with Crippen LogP contribution in [0.2, 0.25) is 5.02 Å². The number of hydrogen-bond donors (Lipinski definition) is 4. The maximum atomic E-state index is 14.1. The van der Waals surface area contributed by atoms with E-state index in [4.69, 9.17) is 25.8 Å². The van der Waals surface area contributed by atoms with Gasteiger partial charge >= 0.3 is 0 Å². The first kappa shape index (κ1) is 38.4. The highest BCUT2D eigenvalue weighted by Gasteiger charge is 2.29. The molecule has 4 aromatic rings. The van der Waals surface area contributed by atoms with Gasteiger partial charge in [-0.05, 0) is 73.5 Å². The average Bonchev–Trinajstić information content (AvgIpc) is 3.13. The zero-order valence-electron chi connectivity index (χ0n) is 29.1. The molecule has 4 N–H and O–H groups in total. The van der Waals surface area contributed by atoms with Crippen molar-refractivity contribution in [3.8, 4) is 28.7 Å². The number of para-hydroxylation sites is 1. The van der Waals surface area contributed by atoms with Crippen LogP contribution in [0.1, 0.15) is 35.7 Å². The lowest BCUT2D eigenvalue weighted by atomic mass is 10.0. The van der Waals surface area contributed by atoms with E-state index in [1.807, 2.05) is 0 Å². The number of rotatable bonds is 9. The van der Waals surface area contributed by atoms with Crippen LogP contribution in [0.15, 0.2) is 91.0 Å². The predicted molar refractivity (Wildman–Crippen MR) is 195 cm³/mol. The van der Waals surface area contributed by atoms with Gasteiger partial charge in [-0.25, -0.2) is 4.39 Å². The van der Waals surface area contributed by atoms with Crippen LogP contribution in [0.25, 0.3) is 0 Å². The zero-order valence-corrected chi connectivity index (χ0v) is 29.9. The van der Waals surface area contributed by atoms with Crippen molar-refractivity contribution in [2.24, 2.45) is 0 Å². The third kappa shape index (κ3) is 11.1. The van der Waals surface area contributed by atoms with E-state index in [0.29, 0.717) is 16.3 Å². The van der Waals surface area contributed by atoms with Gasteiger partial charge in [-0.3, -0.25) is 19.2 Å². The summed E-state index contributed by atoms with van der Waals surface area (Å²) in [6.07, 6.45) is -0.160. The minimum Gasteiger partial charge on any atom is -0.508 e. The van der Waals surface area contributed by atoms with Crippen LogP contribution in [0.3, 0.4) is 0 Å². The van der Waals surface area contributed by atoms with Crippen molar-refractivity contribution in [3.05, 3.63) is 113 Å². The fourth-order valence-electron chi connectivity index (χ4n) is 5.50. The van der Waals surface area contributed by atoms with E-state index in [1.54, 1.807) is 74.6 Å². The highest BCUT2D eigenvalue weighted by molar-refractivity contribution is 6.30. The normalized spacial score (nSPS) is 17.5. The summed E-state index contributed by atoms with van der Waals surface area (Å²) >= 11 is 6.06. The number of nitrogens with zero attached hydrogens (tertiary/aromatic N) is 1. The quantitative estimate of drug-likeness (QED) is 0.186. The van der Waals surface area contributed by atoms with Gasteiger partial charge in [-0.2, -0.15) is 0 Å². The number of benzene rings is 4. The molecule has 12 nitrogen and oxygen atoms in total. The second-order valence-corrected chi connectivity index (χ2v) is 13.0. The van der Waals surface area contributed by atoms with E-state index in [2.05, 4.69) is 16.0 Å². The Morgan fingerprint density at radius 1 is 1.02 bits per heavy atom. The summed E-state index contributed by atoms with van der Waals surface area (Å²) in [7, 11) is 1.59. The molecule has 3 atom stereocenters. The molecule has 0 saturated heterocycles. The number of halogens is 2. The van der Waals surface area contributed by atoms with E-state index < -0.39 is 41.7 Å². The number of phenolic OH excluding ortho intramolecular Hbond substituents is 1. The Kier molecular flexibility index (Phi) is 13.1. The minimum absolute atomic E-state index is 0.0493. The Bertz CT molecular complexity index is 1930. The molecule has 4 aromatic carbocycles. The SMILES string of the molecule is C[C@H](COc1ccc(F)cc1Oc1cccc(Cl)c1)NC(=O)[C@@H]1CCC(=O)N[C@@H](Cc2ccc(O)cc2)C(=O)N(C)CCOc2ccccc2C(=O)N1. The molecule has 0 spiro atoms. The van der Waals surface area contributed by atoms with Gasteiger partial charge in [-0.1, -0.05) is 41.9 Å². The highest BCUT2D eigenvalue weighted by atomic mass is 35.5. The number of likely N-dealkylation sites (N-methyl/N-ethyl adjacent to an activating group) is 1. The molecule has 53 heavy (non-hydrogen) atoms. The molecule has 0 bridgehead atoms. The summed E-state index contributed by atoms with van der Waals surface area (Å²) in [6, 6.07) is 20.4. The Balaban J connectivity index is 1.30. The smallest absolute Gasteiger partial charge is 0.255 e. The topological polar surface area (TPSA) is 156 Å². The van der Waals surface area contributed by atoms with Gasteiger partial charge in [0.25, 0.3) is 5.91 Å². The third-order valence-electron chi connectivity index (χ3n) is 8.29. The maximum absolute atomic E-state index is 14.1. The first-order chi connectivity index (χ1) is 25.4. The number of aromatic hydroxyl groups is 1. The van der Waals surface area contributed by atoms with Crippen LogP contribution in [0.4, 0.5) is 4.39 Å². The van der Waals surface area contributed by atoms with E-state index in [1.165, 1.54) is 35.2 Å². The van der Waals surface area contributed by atoms with Crippen molar-refractivity contribution in [1.82, 2.24) is 20.9 Å². The van der Waals surface area contributed by atoms with Crippen LogP contribution in [0, 0.1) is 5.82 Å². The summed E-state index contributed by atoms with van der Waals surface area (Å²) in [5.41, 5.74) is 0.881. The standard InChI is InChI=1S/C39H40ClFN4O8/c1-24(23-52-34-16-12-27(41)22-35(34)53-29-7-5-6-26(40)21-29)42-38(49)31-15-17-36(47)43-32(20-25-10-13-28(46)14-11-25)39(50)45(2)18-19-51-33-9-4-3-8-30(33)37(48)44-31/h3-14,16,21-22,24,31-32,46H,15,17-20,23H2,1-2H3,(H,42,49)(H,43,47)(H,44,48)/t24-,31+,32+/m1/s1. The number of fused-ring (bicyclic) bond motifs is 1. The lowest BCUT2D eigenvalue weighted by Crippen LogP contribution is -2.51. The molecule has 0 saturated carbocycles. The van der Waals surface area contributed by atoms with Crippen molar-refractivity contribution >= 4 is 35.2 Å². The molecule has 1 aliphatic heterocycles. The monoisotopic (exact) mass is 746 g/mol. The van der Waals surface area contributed by atoms with Crippen molar-refractivity contribution in [2.45, 2.75) is 44.3 Å². The predicted octanol–water partition coefficient (Wildman–Crippen LogP) is 5.02. The fourth-order valence-corrected chi connectivity index (χ4v) is 5.68. The van der Waals surface area contributed by atoms with Crippen LogP contribution < -0.4 is 30.2 Å². The molecule has 5 rings (SSSR count). The fraction of sp³-hybridized carbons (Fsp3) is 0.282. The van der Waals surface area contributed by atoms with Gasteiger partial charge in [0.1, 0.15) is 48.4 Å². The first-order valence-corrected chi connectivity index (χ1v) is 17.3. The van der Waals surface area contributed by atoms with E-state index in [9.17, 15) is 28.7 Å². The van der Waals surface area contributed by atoms with Gasteiger partial charge in [0.05, 0.1) is 18.2 Å². The summed E-state index contributed by atoms with van der Waals surface area (Å²) < 4.78 is 31.8. The molecule has 278 valence electrons. The lowest BCUT2D eigenvalue weighted by Gasteiger charge is -2.25. The maximum Gasteiger partial charge on any atom is 0.255 e. The summed E-state index contributed by atoms with van der Waals surface area (Å²) in [4.78, 5) is 55.5. The summed E-state index contributed by atoms with van der Waals surface area (Å²) in [6.45, 7) is 1.83. The number of nitrogens with one attached hydrogen (secondary N) is 3. The van der Waals surface area contributed by atoms with Gasteiger partial charge in [0.15, 0.2) is 11.5 Å². The molecule has 0 radical (unpaired) electrons. The summed E-state index contributed by atoms with van der Waals surface area (Å²) in [5.74, 6) is -1.59. The van der Waals surface area contributed by atoms with Gasteiger partial charge in [0, 0.05) is 31.0 Å². The Labute approximate surface area is 311 Å². The number of ether oxygens (including phenoxy) is 3. The molecule has 0 fully saturated rings. The molecule has 1 heterocycles. The van der Waals surface area contributed by atoms with E-state index >= 15 is 0 Å². The molecular formula is C39H40ClFN4O8. The lowest BCUT2D eigenvalue weighted by molar-refractivity contribution is -0.135. The molecule has 1 aliphatic rings. The van der Waals surface area contributed by atoms with Crippen LogP contribution >= 0.6 is 11.6 Å². The summed E-state index contributed by atoms with van der Waals surface area (Å²) in [5, 5.41) is 18.5.